The van der Waals surface area contributed by atoms with Gasteiger partial charge >= 0.3 is 0 Å². The Kier molecular flexibility index (Phi) is 4.71. The van der Waals surface area contributed by atoms with Crippen LogP contribution in [0.25, 0.3) is 0 Å². The summed E-state index contributed by atoms with van der Waals surface area (Å²) in [5.74, 6) is 0.741. The lowest BCUT2D eigenvalue weighted by molar-refractivity contribution is -0.216. The minimum atomic E-state index is -0.930. The van der Waals surface area contributed by atoms with Gasteiger partial charge in [0, 0.05) is 0 Å². The van der Waals surface area contributed by atoms with Gasteiger partial charge in [0.1, 0.15) is 18.8 Å². The van der Waals surface area contributed by atoms with E-state index in [0.29, 0.717) is 6.61 Å². The maximum Gasteiger partial charge on any atom is 0.152 e. The number of carbonyl (C=O) groups is 1. The quantitative estimate of drug-likeness (QED) is 0.767. The Morgan fingerprint density at radius 2 is 1.91 bits per heavy atom. The molecule has 5 heteroatoms. The molecule has 0 saturated carbocycles. The Hall–Kier alpha value is -2.21. The first-order valence-electron chi connectivity index (χ1n) is 7.41. The third kappa shape index (κ3) is 3.12. The summed E-state index contributed by atoms with van der Waals surface area (Å²) in [6.45, 7) is 0.894. The summed E-state index contributed by atoms with van der Waals surface area (Å²) >= 11 is 0. The van der Waals surface area contributed by atoms with Crippen LogP contribution in [-0.4, -0.2) is 31.8 Å². The van der Waals surface area contributed by atoms with E-state index in [9.17, 15) is 4.79 Å². The molecule has 23 heavy (non-hydrogen) atoms. The Balaban J connectivity index is 1.79. The van der Waals surface area contributed by atoms with E-state index < -0.39 is 5.54 Å². The largest absolute Gasteiger partial charge is 0.497 e. The van der Waals surface area contributed by atoms with Crippen molar-refractivity contribution in [2.75, 3.05) is 20.4 Å². The van der Waals surface area contributed by atoms with E-state index in [0.717, 1.165) is 23.2 Å². The smallest absolute Gasteiger partial charge is 0.152 e. The van der Waals surface area contributed by atoms with Gasteiger partial charge in [0.15, 0.2) is 5.54 Å². The van der Waals surface area contributed by atoms with E-state index in [2.05, 4.69) is 0 Å². The maximum absolute atomic E-state index is 11.9. The van der Waals surface area contributed by atoms with Crippen LogP contribution in [-0.2, 0) is 26.5 Å². The van der Waals surface area contributed by atoms with E-state index in [1.165, 1.54) is 0 Å². The minimum absolute atomic E-state index is 0.248. The second-order valence-corrected chi connectivity index (χ2v) is 5.39. The Labute approximate surface area is 135 Å². The number of carbonyl (C=O) groups excluding carboxylic acids is 1. The zero-order valence-electron chi connectivity index (χ0n) is 13.0. The fourth-order valence-electron chi connectivity index (χ4n) is 2.62. The lowest BCUT2D eigenvalue weighted by atomic mass is 9.92. The average molecular weight is 313 g/mol. The van der Waals surface area contributed by atoms with Crippen LogP contribution in [0.15, 0.2) is 54.6 Å². The van der Waals surface area contributed by atoms with Gasteiger partial charge in [-0.05, 0) is 23.3 Å². The van der Waals surface area contributed by atoms with E-state index in [4.69, 9.17) is 14.3 Å². The van der Waals surface area contributed by atoms with Crippen LogP contribution in [0.5, 0.6) is 5.75 Å². The van der Waals surface area contributed by atoms with Crippen LogP contribution in [0, 0.1) is 0 Å². The van der Waals surface area contributed by atoms with Gasteiger partial charge in [0.25, 0.3) is 0 Å². The SMILES string of the molecule is COc1ccc(C2(C=O)COCN2OCc2ccccc2)cc1. The Morgan fingerprint density at radius 3 is 2.57 bits per heavy atom. The van der Waals surface area contributed by atoms with Gasteiger partial charge in [-0.3, -0.25) is 4.84 Å². The number of ether oxygens (including phenoxy) is 2. The molecule has 0 aromatic heterocycles. The number of hydrogen-bond donors (Lipinski definition) is 0. The van der Waals surface area contributed by atoms with Gasteiger partial charge < -0.3 is 14.3 Å². The van der Waals surface area contributed by atoms with Crippen LogP contribution in [0.4, 0.5) is 0 Å². The van der Waals surface area contributed by atoms with Crippen LogP contribution < -0.4 is 4.74 Å². The standard InChI is InChI=1S/C18H19NO4/c1-21-17-9-7-16(8-10-17)18(12-20)13-22-14-19(18)23-11-15-5-3-2-4-6-15/h2-10,12H,11,13-14H2,1H3. The first-order chi connectivity index (χ1) is 11.3. The highest BCUT2D eigenvalue weighted by atomic mass is 16.7. The van der Waals surface area contributed by atoms with Crippen molar-refractivity contribution in [3.8, 4) is 5.75 Å². The molecule has 0 amide bonds. The van der Waals surface area contributed by atoms with E-state index in [1.807, 2.05) is 54.6 Å². The number of rotatable bonds is 6. The molecule has 1 fully saturated rings. The molecule has 0 aliphatic carbocycles. The summed E-state index contributed by atoms with van der Waals surface area (Å²) in [5.41, 5.74) is 0.925. The molecular weight excluding hydrogens is 294 g/mol. The molecule has 0 bridgehead atoms. The number of methoxy groups -OCH3 is 1. The van der Waals surface area contributed by atoms with E-state index in [1.54, 1.807) is 12.2 Å². The number of aldehydes is 1. The molecule has 1 aliphatic rings. The molecule has 2 aromatic rings. The molecule has 1 heterocycles. The molecule has 1 saturated heterocycles. The van der Waals surface area contributed by atoms with Crippen molar-refractivity contribution in [2.45, 2.75) is 12.1 Å². The van der Waals surface area contributed by atoms with Crippen molar-refractivity contribution in [2.24, 2.45) is 0 Å². The summed E-state index contributed by atoms with van der Waals surface area (Å²) in [5, 5.41) is 1.61. The van der Waals surface area contributed by atoms with Crippen molar-refractivity contribution < 1.29 is 19.1 Å². The van der Waals surface area contributed by atoms with Crippen molar-refractivity contribution in [3.63, 3.8) is 0 Å². The van der Waals surface area contributed by atoms with Crippen LogP contribution >= 0.6 is 0 Å². The highest BCUT2D eigenvalue weighted by Gasteiger charge is 2.45. The van der Waals surface area contributed by atoms with Gasteiger partial charge in [0.2, 0.25) is 0 Å². The van der Waals surface area contributed by atoms with Crippen molar-refractivity contribution in [1.29, 1.82) is 0 Å². The molecule has 0 spiro atoms. The van der Waals surface area contributed by atoms with Crippen molar-refractivity contribution >= 4 is 6.29 Å². The lowest BCUT2D eigenvalue weighted by Crippen LogP contribution is -2.44. The zero-order chi connectivity index (χ0) is 16.1. The highest BCUT2D eigenvalue weighted by Crippen LogP contribution is 2.33. The van der Waals surface area contributed by atoms with Crippen LogP contribution in [0.2, 0.25) is 0 Å². The summed E-state index contributed by atoms with van der Waals surface area (Å²) in [7, 11) is 1.61. The summed E-state index contributed by atoms with van der Waals surface area (Å²) < 4.78 is 10.7. The first kappa shape index (κ1) is 15.7. The molecule has 5 nitrogen and oxygen atoms in total. The van der Waals surface area contributed by atoms with Gasteiger partial charge in [0.05, 0.1) is 20.3 Å². The predicted molar refractivity (Wildman–Crippen MR) is 84.6 cm³/mol. The zero-order valence-corrected chi connectivity index (χ0v) is 13.0. The third-order valence-electron chi connectivity index (χ3n) is 3.99. The molecule has 2 aromatic carbocycles. The summed E-state index contributed by atoms with van der Waals surface area (Å²) in [4.78, 5) is 17.7. The number of nitrogens with zero attached hydrogens (tertiary/aromatic N) is 1. The Morgan fingerprint density at radius 1 is 1.17 bits per heavy atom. The minimum Gasteiger partial charge on any atom is -0.497 e. The second-order valence-electron chi connectivity index (χ2n) is 5.39. The van der Waals surface area contributed by atoms with Gasteiger partial charge in [-0.15, -0.1) is 5.06 Å². The number of hydrogen-bond acceptors (Lipinski definition) is 5. The highest BCUT2D eigenvalue weighted by molar-refractivity contribution is 5.68. The van der Waals surface area contributed by atoms with Gasteiger partial charge in [-0.25, -0.2) is 0 Å². The van der Waals surface area contributed by atoms with Crippen molar-refractivity contribution in [3.05, 3.63) is 65.7 Å². The number of benzene rings is 2. The molecule has 1 aliphatic heterocycles. The van der Waals surface area contributed by atoms with E-state index in [-0.39, 0.29) is 13.3 Å². The number of hydroxylamine groups is 2. The third-order valence-corrected chi connectivity index (χ3v) is 3.99. The first-order valence-corrected chi connectivity index (χ1v) is 7.41. The molecule has 120 valence electrons. The molecular formula is C18H19NO4. The second kappa shape index (κ2) is 6.91. The topological polar surface area (TPSA) is 48.0 Å². The normalized spacial score (nSPS) is 21.3. The molecule has 1 atom stereocenters. The maximum atomic E-state index is 11.9. The average Bonchev–Trinajstić information content (AvgIpc) is 3.05. The summed E-state index contributed by atoms with van der Waals surface area (Å²) in [6.07, 6.45) is 0.882. The monoisotopic (exact) mass is 313 g/mol. The van der Waals surface area contributed by atoms with Gasteiger partial charge in [-0.2, -0.15) is 0 Å². The molecule has 1 unspecified atom stereocenters. The van der Waals surface area contributed by atoms with E-state index >= 15 is 0 Å². The molecule has 0 N–H and O–H groups in total. The van der Waals surface area contributed by atoms with Crippen LogP contribution in [0.1, 0.15) is 11.1 Å². The summed E-state index contributed by atoms with van der Waals surface area (Å²) in [6, 6.07) is 17.2. The van der Waals surface area contributed by atoms with Crippen LogP contribution in [0.3, 0.4) is 0 Å². The predicted octanol–water partition coefficient (Wildman–Crippen LogP) is 2.51. The van der Waals surface area contributed by atoms with Crippen molar-refractivity contribution in [1.82, 2.24) is 5.06 Å². The lowest BCUT2D eigenvalue weighted by Gasteiger charge is -2.31. The fraction of sp³-hybridized carbons (Fsp3) is 0.278. The fourth-order valence-corrected chi connectivity index (χ4v) is 2.62. The molecule has 3 rings (SSSR count). The molecule has 0 radical (unpaired) electrons. The Bertz CT molecular complexity index is 644. The van der Waals surface area contributed by atoms with Gasteiger partial charge in [-0.1, -0.05) is 42.5 Å².